The smallest absolute Gasteiger partial charge is 0.273 e. The molecule has 3 N–H and O–H groups in total. The van der Waals surface area contributed by atoms with Crippen molar-refractivity contribution >= 4 is 5.84 Å². The maximum absolute atomic E-state index is 13.6. The van der Waals surface area contributed by atoms with Gasteiger partial charge in [-0.05, 0) is 6.42 Å². The summed E-state index contributed by atoms with van der Waals surface area (Å²) in [5.74, 6) is -2.91. The number of unbranched alkanes of at least 4 members (excludes halogenated alkanes) is 1. The fourth-order valence-electron chi connectivity index (χ4n) is 1.49. The Bertz CT molecular complexity index is 388. The van der Waals surface area contributed by atoms with Crippen molar-refractivity contribution in [1.29, 1.82) is 0 Å². The van der Waals surface area contributed by atoms with Gasteiger partial charge in [0.2, 0.25) is 0 Å². The predicted octanol–water partition coefficient (Wildman–Crippen LogP) is 3.06. The maximum atomic E-state index is 13.6. The summed E-state index contributed by atoms with van der Waals surface area (Å²) in [4.78, 5) is 0. The molecule has 0 bridgehead atoms. The van der Waals surface area contributed by atoms with Crippen LogP contribution in [0.4, 0.5) is 8.78 Å². The van der Waals surface area contributed by atoms with E-state index in [0.717, 1.165) is 6.42 Å². The summed E-state index contributed by atoms with van der Waals surface area (Å²) in [6.45, 7) is 1.87. The van der Waals surface area contributed by atoms with Crippen LogP contribution in [0.15, 0.2) is 29.4 Å². The van der Waals surface area contributed by atoms with E-state index in [-0.39, 0.29) is 17.8 Å². The molecule has 0 heterocycles. The lowest BCUT2D eigenvalue weighted by Crippen LogP contribution is -2.15. The molecule has 0 aliphatic carbocycles. The van der Waals surface area contributed by atoms with E-state index in [1.54, 1.807) is 0 Å². The highest BCUT2D eigenvalue weighted by molar-refractivity contribution is 5.96. The Kier molecular flexibility index (Phi) is 4.43. The number of nitrogens with zero attached hydrogens (tertiary/aromatic N) is 1. The van der Waals surface area contributed by atoms with Crippen molar-refractivity contribution in [3.05, 3.63) is 35.4 Å². The molecule has 0 saturated carbocycles. The minimum absolute atomic E-state index is 0.0413. The number of halogens is 2. The van der Waals surface area contributed by atoms with E-state index < -0.39 is 5.92 Å². The molecule has 0 atom stereocenters. The molecule has 1 aromatic rings. The largest absolute Gasteiger partial charge is 0.409 e. The monoisotopic (exact) mass is 242 g/mol. The van der Waals surface area contributed by atoms with Crippen molar-refractivity contribution < 1.29 is 14.0 Å². The fourth-order valence-corrected chi connectivity index (χ4v) is 1.49. The van der Waals surface area contributed by atoms with Crippen LogP contribution in [0.3, 0.4) is 0 Å². The van der Waals surface area contributed by atoms with Crippen LogP contribution in [-0.4, -0.2) is 11.0 Å². The second-order valence-corrected chi connectivity index (χ2v) is 3.87. The van der Waals surface area contributed by atoms with Crippen molar-refractivity contribution in [2.45, 2.75) is 32.1 Å². The van der Waals surface area contributed by atoms with Crippen LogP contribution in [0.2, 0.25) is 0 Å². The molecule has 1 rings (SSSR count). The minimum Gasteiger partial charge on any atom is -0.409 e. The maximum Gasteiger partial charge on any atom is 0.273 e. The van der Waals surface area contributed by atoms with Crippen molar-refractivity contribution in [2.24, 2.45) is 10.9 Å². The molecule has 0 aromatic heterocycles. The van der Waals surface area contributed by atoms with Gasteiger partial charge in [0.25, 0.3) is 5.92 Å². The van der Waals surface area contributed by atoms with Gasteiger partial charge in [0.05, 0.1) is 0 Å². The van der Waals surface area contributed by atoms with E-state index in [0.29, 0.717) is 12.0 Å². The van der Waals surface area contributed by atoms with E-state index in [2.05, 4.69) is 5.16 Å². The summed E-state index contributed by atoms with van der Waals surface area (Å²) < 4.78 is 27.3. The fraction of sp³-hybridized carbons (Fsp3) is 0.417. The first kappa shape index (κ1) is 13.4. The first-order valence-corrected chi connectivity index (χ1v) is 5.47. The highest BCUT2D eigenvalue weighted by atomic mass is 19.3. The summed E-state index contributed by atoms with van der Waals surface area (Å²) >= 11 is 0. The van der Waals surface area contributed by atoms with Crippen LogP contribution in [0, 0.1) is 0 Å². The number of hydrogen-bond donors (Lipinski definition) is 2. The zero-order valence-electron chi connectivity index (χ0n) is 9.66. The van der Waals surface area contributed by atoms with Gasteiger partial charge in [-0.3, -0.25) is 0 Å². The Morgan fingerprint density at radius 3 is 2.41 bits per heavy atom. The number of alkyl halides is 2. The standard InChI is InChI=1S/C12H16F2N2O/c1-2-3-8-12(13,14)10-6-4-9(5-7-10)11(15)16-17/h4-7,17H,2-3,8H2,1H3,(H2,15,16). The van der Waals surface area contributed by atoms with Gasteiger partial charge in [-0.2, -0.15) is 0 Å². The number of rotatable bonds is 5. The Hall–Kier alpha value is -1.65. The van der Waals surface area contributed by atoms with Crippen molar-refractivity contribution in [3.63, 3.8) is 0 Å². The molecule has 94 valence electrons. The molecular weight excluding hydrogens is 226 g/mol. The SMILES string of the molecule is CCCCC(F)(F)c1ccc(C(N)=NO)cc1. The number of nitrogens with two attached hydrogens (primary N) is 1. The summed E-state index contributed by atoms with van der Waals surface area (Å²) in [5, 5.41) is 11.3. The lowest BCUT2D eigenvalue weighted by molar-refractivity contribution is -0.0154. The molecule has 0 unspecified atom stereocenters. The van der Waals surface area contributed by atoms with Gasteiger partial charge in [-0.1, -0.05) is 42.8 Å². The molecule has 0 spiro atoms. The third-order valence-electron chi connectivity index (χ3n) is 2.56. The van der Waals surface area contributed by atoms with Crippen molar-refractivity contribution in [3.8, 4) is 0 Å². The number of oxime groups is 1. The summed E-state index contributed by atoms with van der Waals surface area (Å²) in [5.41, 5.74) is 5.72. The quantitative estimate of drug-likeness (QED) is 0.361. The van der Waals surface area contributed by atoms with E-state index in [1.807, 2.05) is 6.92 Å². The highest BCUT2D eigenvalue weighted by Gasteiger charge is 2.30. The molecule has 0 aliphatic rings. The van der Waals surface area contributed by atoms with E-state index in [4.69, 9.17) is 10.9 Å². The van der Waals surface area contributed by atoms with Crippen LogP contribution >= 0.6 is 0 Å². The average molecular weight is 242 g/mol. The van der Waals surface area contributed by atoms with Gasteiger partial charge in [0.1, 0.15) is 0 Å². The average Bonchev–Trinajstić information content (AvgIpc) is 2.35. The van der Waals surface area contributed by atoms with Gasteiger partial charge in [-0.15, -0.1) is 0 Å². The number of hydrogen-bond acceptors (Lipinski definition) is 2. The zero-order chi connectivity index (χ0) is 12.9. The summed E-state index contributed by atoms with van der Waals surface area (Å²) in [7, 11) is 0. The first-order valence-electron chi connectivity index (χ1n) is 5.47. The highest BCUT2D eigenvalue weighted by Crippen LogP contribution is 2.33. The molecular formula is C12H16F2N2O. The van der Waals surface area contributed by atoms with Crippen LogP contribution < -0.4 is 5.73 Å². The molecule has 3 nitrogen and oxygen atoms in total. The molecule has 17 heavy (non-hydrogen) atoms. The Balaban J connectivity index is 2.86. The summed E-state index contributed by atoms with van der Waals surface area (Å²) in [6, 6.07) is 5.46. The van der Waals surface area contributed by atoms with Crippen LogP contribution in [-0.2, 0) is 5.92 Å². The molecule has 0 radical (unpaired) electrons. The van der Waals surface area contributed by atoms with Gasteiger partial charge in [-0.25, -0.2) is 8.78 Å². The zero-order valence-corrected chi connectivity index (χ0v) is 9.66. The van der Waals surface area contributed by atoms with Gasteiger partial charge < -0.3 is 10.9 Å². The van der Waals surface area contributed by atoms with Crippen molar-refractivity contribution in [1.82, 2.24) is 0 Å². The van der Waals surface area contributed by atoms with Gasteiger partial charge >= 0.3 is 0 Å². The molecule has 5 heteroatoms. The molecule has 0 aliphatic heterocycles. The first-order chi connectivity index (χ1) is 8.01. The van der Waals surface area contributed by atoms with Crippen LogP contribution in [0.1, 0.15) is 37.3 Å². The number of benzene rings is 1. The Morgan fingerprint density at radius 1 is 1.35 bits per heavy atom. The minimum atomic E-state index is -2.82. The lowest BCUT2D eigenvalue weighted by atomic mass is 10.0. The third kappa shape index (κ3) is 3.41. The van der Waals surface area contributed by atoms with Crippen LogP contribution in [0.25, 0.3) is 0 Å². The van der Waals surface area contributed by atoms with Crippen LogP contribution in [0.5, 0.6) is 0 Å². The molecule has 0 amide bonds. The normalized spacial score (nSPS) is 12.8. The van der Waals surface area contributed by atoms with E-state index in [1.165, 1.54) is 24.3 Å². The van der Waals surface area contributed by atoms with E-state index >= 15 is 0 Å². The molecule has 0 saturated heterocycles. The Labute approximate surface area is 98.9 Å². The van der Waals surface area contributed by atoms with Gasteiger partial charge in [0.15, 0.2) is 5.84 Å². The molecule has 0 fully saturated rings. The van der Waals surface area contributed by atoms with Crippen molar-refractivity contribution in [2.75, 3.05) is 0 Å². The second-order valence-electron chi connectivity index (χ2n) is 3.87. The topological polar surface area (TPSA) is 58.6 Å². The van der Waals surface area contributed by atoms with Gasteiger partial charge in [0, 0.05) is 17.5 Å². The molecule has 1 aromatic carbocycles. The third-order valence-corrected chi connectivity index (χ3v) is 2.56. The second kappa shape index (κ2) is 5.61. The summed E-state index contributed by atoms with van der Waals surface area (Å²) in [6.07, 6.45) is 1.05. The number of amidine groups is 1. The lowest BCUT2D eigenvalue weighted by Gasteiger charge is -2.16. The Morgan fingerprint density at radius 2 is 1.94 bits per heavy atom. The van der Waals surface area contributed by atoms with E-state index in [9.17, 15) is 8.78 Å². The predicted molar refractivity (Wildman–Crippen MR) is 62.4 cm³/mol.